The molecule has 2 aromatic rings. The molecule has 1 heterocycles. The van der Waals surface area contributed by atoms with Crippen LogP contribution in [0.4, 0.5) is 5.69 Å². The van der Waals surface area contributed by atoms with Crippen molar-refractivity contribution in [2.75, 3.05) is 18.0 Å². The molecule has 0 spiro atoms. The summed E-state index contributed by atoms with van der Waals surface area (Å²) in [5, 5.41) is 3.17. The fourth-order valence-corrected chi connectivity index (χ4v) is 4.36. The quantitative estimate of drug-likeness (QED) is 0.826. The van der Waals surface area contributed by atoms with E-state index in [-0.39, 0.29) is 11.9 Å². The highest BCUT2D eigenvalue weighted by Gasteiger charge is 2.16. The van der Waals surface area contributed by atoms with E-state index in [1.165, 1.54) is 67.3 Å². The van der Waals surface area contributed by atoms with Crippen molar-refractivity contribution in [3.8, 4) is 0 Å². The van der Waals surface area contributed by atoms with Gasteiger partial charge in [-0.25, -0.2) is 0 Å². The van der Waals surface area contributed by atoms with Crippen molar-refractivity contribution in [1.82, 2.24) is 5.32 Å². The number of piperidine rings is 1. The molecule has 1 saturated heterocycles. The predicted molar refractivity (Wildman–Crippen MR) is 111 cm³/mol. The number of carbonyl (C=O) groups is 1. The molecule has 27 heavy (non-hydrogen) atoms. The maximum Gasteiger partial charge on any atom is 0.251 e. The molecule has 0 radical (unpaired) electrons. The Morgan fingerprint density at radius 2 is 1.59 bits per heavy atom. The highest BCUT2D eigenvalue weighted by Crippen LogP contribution is 2.25. The van der Waals surface area contributed by atoms with Gasteiger partial charge in [0.1, 0.15) is 0 Å². The van der Waals surface area contributed by atoms with Gasteiger partial charge in [-0.05, 0) is 92.8 Å². The van der Waals surface area contributed by atoms with Crippen LogP contribution in [0.2, 0.25) is 0 Å². The van der Waals surface area contributed by atoms with E-state index in [9.17, 15) is 4.79 Å². The maximum absolute atomic E-state index is 12.7. The Morgan fingerprint density at radius 1 is 0.889 bits per heavy atom. The highest BCUT2D eigenvalue weighted by atomic mass is 16.1. The summed E-state index contributed by atoms with van der Waals surface area (Å²) in [5.74, 6) is 0.00501. The average molecular weight is 363 g/mol. The number of hydrogen-bond donors (Lipinski definition) is 1. The number of rotatable bonds is 4. The van der Waals surface area contributed by atoms with E-state index < -0.39 is 0 Å². The van der Waals surface area contributed by atoms with Crippen LogP contribution in [0, 0.1) is 0 Å². The molecule has 4 rings (SSSR count). The zero-order valence-corrected chi connectivity index (χ0v) is 16.3. The van der Waals surface area contributed by atoms with Crippen molar-refractivity contribution >= 4 is 11.6 Å². The van der Waals surface area contributed by atoms with Gasteiger partial charge in [0.15, 0.2) is 0 Å². The second kappa shape index (κ2) is 8.16. The Hall–Kier alpha value is -2.29. The summed E-state index contributed by atoms with van der Waals surface area (Å²) in [6.07, 6.45) is 8.80. The fraction of sp³-hybridized carbons (Fsp3) is 0.458. The van der Waals surface area contributed by atoms with Crippen molar-refractivity contribution in [3.05, 3.63) is 64.7 Å². The van der Waals surface area contributed by atoms with Gasteiger partial charge in [-0.3, -0.25) is 4.79 Å². The normalized spacial score (nSPS) is 17.9. The van der Waals surface area contributed by atoms with Gasteiger partial charge in [0.2, 0.25) is 0 Å². The molecule has 1 aliphatic carbocycles. The van der Waals surface area contributed by atoms with E-state index >= 15 is 0 Å². The number of carbonyl (C=O) groups excluding carboxylic acids is 1. The van der Waals surface area contributed by atoms with E-state index in [0.29, 0.717) is 0 Å². The van der Waals surface area contributed by atoms with Crippen molar-refractivity contribution in [3.63, 3.8) is 0 Å². The first-order chi connectivity index (χ1) is 13.2. The lowest BCUT2D eigenvalue weighted by Crippen LogP contribution is -2.29. The molecular formula is C24H30N2O. The zero-order chi connectivity index (χ0) is 18.6. The second-order valence-corrected chi connectivity index (χ2v) is 8.02. The molecule has 1 amide bonds. The molecule has 0 saturated carbocycles. The molecule has 2 aliphatic rings. The van der Waals surface area contributed by atoms with Gasteiger partial charge in [0, 0.05) is 24.3 Å². The van der Waals surface area contributed by atoms with Crippen molar-refractivity contribution in [2.24, 2.45) is 0 Å². The van der Waals surface area contributed by atoms with Gasteiger partial charge in [-0.15, -0.1) is 0 Å². The molecule has 142 valence electrons. The van der Waals surface area contributed by atoms with Crippen LogP contribution in [0.5, 0.6) is 0 Å². The molecule has 1 aliphatic heterocycles. The fourth-order valence-electron chi connectivity index (χ4n) is 4.36. The molecule has 3 heteroatoms. The third-order valence-electron chi connectivity index (χ3n) is 6.07. The van der Waals surface area contributed by atoms with Crippen LogP contribution in [0.3, 0.4) is 0 Å². The minimum absolute atomic E-state index is 0.00501. The van der Waals surface area contributed by atoms with Gasteiger partial charge in [-0.2, -0.15) is 0 Å². The number of nitrogens with one attached hydrogen (secondary N) is 1. The van der Waals surface area contributed by atoms with Crippen LogP contribution in [0.15, 0.2) is 42.5 Å². The van der Waals surface area contributed by atoms with Crippen molar-refractivity contribution in [1.29, 1.82) is 0 Å². The lowest BCUT2D eigenvalue weighted by Gasteiger charge is -2.28. The van der Waals surface area contributed by atoms with Gasteiger partial charge < -0.3 is 10.2 Å². The second-order valence-electron chi connectivity index (χ2n) is 8.02. The first kappa shape index (κ1) is 18.1. The molecular weight excluding hydrogens is 332 g/mol. The minimum Gasteiger partial charge on any atom is -0.372 e. The Balaban J connectivity index is 1.40. The van der Waals surface area contributed by atoms with Gasteiger partial charge >= 0.3 is 0 Å². The van der Waals surface area contributed by atoms with E-state index in [4.69, 9.17) is 0 Å². The van der Waals surface area contributed by atoms with E-state index in [2.05, 4.69) is 47.5 Å². The maximum atomic E-state index is 12.7. The molecule has 3 nitrogen and oxygen atoms in total. The summed E-state index contributed by atoms with van der Waals surface area (Å²) in [7, 11) is 0. The largest absolute Gasteiger partial charge is 0.372 e. The molecule has 0 unspecified atom stereocenters. The van der Waals surface area contributed by atoms with Crippen LogP contribution in [-0.4, -0.2) is 19.0 Å². The van der Waals surface area contributed by atoms with Gasteiger partial charge in [0.05, 0.1) is 6.04 Å². The van der Waals surface area contributed by atoms with Crippen LogP contribution >= 0.6 is 0 Å². The predicted octanol–water partition coefficient (Wildman–Crippen LogP) is 5.05. The number of nitrogens with zero attached hydrogens (tertiary/aromatic N) is 1. The van der Waals surface area contributed by atoms with Crippen LogP contribution in [0.1, 0.15) is 72.1 Å². The first-order valence-corrected chi connectivity index (χ1v) is 10.5. The number of fused-ring (bicyclic) bond motifs is 1. The van der Waals surface area contributed by atoms with Crippen LogP contribution in [0.25, 0.3) is 0 Å². The molecule has 2 aromatic carbocycles. The standard InChI is InChI=1S/C24H30N2O/c1-18(21-10-9-19-7-3-4-8-22(19)17-21)25-24(27)20-11-13-23(14-12-20)26-15-5-2-6-16-26/h9-14,17-18H,2-8,15-16H2,1H3,(H,25,27)/t18-/m1/s1. The van der Waals surface area contributed by atoms with E-state index in [0.717, 1.165) is 18.7 Å². The summed E-state index contributed by atoms with van der Waals surface area (Å²) in [5.41, 5.74) is 6.12. The highest BCUT2D eigenvalue weighted by molar-refractivity contribution is 5.94. The topological polar surface area (TPSA) is 32.3 Å². The SMILES string of the molecule is C[C@@H](NC(=O)c1ccc(N2CCCCC2)cc1)c1ccc2c(c1)CCCC2. The number of benzene rings is 2. The molecule has 1 atom stereocenters. The van der Waals surface area contributed by atoms with Crippen molar-refractivity contribution in [2.45, 2.75) is 57.9 Å². The van der Waals surface area contributed by atoms with E-state index in [1.807, 2.05) is 12.1 Å². The number of aryl methyl sites for hydroxylation is 2. The zero-order valence-electron chi connectivity index (χ0n) is 16.3. The molecule has 0 aromatic heterocycles. The molecule has 1 fully saturated rings. The minimum atomic E-state index is 0.00501. The number of hydrogen-bond acceptors (Lipinski definition) is 2. The summed E-state index contributed by atoms with van der Waals surface area (Å²) in [6.45, 7) is 4.33. The van der Waals surface area contributed by atoms with Crippen LogP contribution < -0.4 is 10.2 Å². The Labute approximate surface area is 162 Å². The summed E-state index contributed by atoms with van der Waals surface area (Å²) < 4.78 is 0. The lowest BCUT2D eigenvalue weighted by molar-refractivity contribution is 0.0940. The third-order valence-corrected chi connectivity index (χ3v) is 6.07. The number of amides is 1. The van der Waals surface area contributed by atoms with Crippen molar-refractivity contribution < 1.29 is 4.79 Å². The molecule has 1 N–H and O–H groups in total. The Kier molecular flexibility index (Phi) is 5.47. The Morgan fingerprint density at radius 3 is 2.33 bits per heavy atom. The lowest BCUT2D eigenvalue weighted by atomic mass is 9.89. The van der Waals surface area contributed by atoms with Gasteiger partial charge in [-0.1, -0.05) is 18.2 Å². The average Bonchev–Trinajstić information content (AvgIpc) is 2.74. The van der Waals surface area contributed by atoms with Gasteiger partial charge in [0.25, 0.3) is 5.91 Å². The molecule has 0 bridgehead atoms. The smallest absolute Gasteiger partial charge is 0.251 e. The van der Waals surface area contributed by atoms with Crippen LogP contribution in [-0.2, 0) is 12.8 Å². The summed E-state index contributed by atoms with van der Waals surface area (Å²) in [6, 6.07) is 14.8. The van der Waals surface area contributed by atoms with E-state index in [1.54, 1.807) is 0 Å². The first-order valence-electron chi connectivity index (χ1n) is 10.5. The summed E-state index contributed by atoms with van der Waals surface area (Å²) >= 11 is 0. The summed E-state index contributed by atoms with van der Waals surface area (Å²) in [4.78, 5) is 15.1. The number of anilines is 1. The Bertz CT molecular complexity index is 791. The third kappa shape index (κ3) is 4.18. The monoisotopic (exact) mass is 362 g/mol.